The summed E-state index contributed by atoms with van der Waals surface area (Å²) in [5.74, 6) is -3.19. The molecule has 0 atom stereocenters. The van der Waals surface area contributed by atoms with Crippen LogP contribution in [0.15, 0.2) is 72.8 Å². The van der Waals surface area contributed by atoms with E-state index in [2.05, 4.69) is 10.00 Å². The van der Waals surface area contributed by atoms with E-state index in [0.717, 1.165) is 17.7 Å². The number of aromatic nitrogens is 2. The Morgan fingerprint density at radius 1 is 0.857 bits per heavy atom. The van der Waals surface area contributed by atoms with Crippen molar-refractivity contribution >= 4 is 17.5 Å². The summed E-state index contributed by atoms with van der Waals surface area (Å²) in [6.45, 7) is 3.70. The minimum Gasteiger partial charge on any atom is -0.332 e. The number of hydrogen-bond acceptors (Lipinski definition) is 4. The quantitative estimate of drug-likeness (QED) is 0.327. The number of fused-ring (bicyclic) bond motifs is 1. The summed E-state index contributed by atoms with van der Waals surface area (Å²) in [5, 5.41) is 4.44. The predicted octanol–water partition coefficient (Wildman–Crippen LogP) is 5.41. The summed E-state index contributed by atoms with van der Waals surface area (Å²) in [6, 6.07) is 19.6. The van der Waals surface area contributed by atoms with Crippen LogP contribution in [0.25, 0.3) is 11.3 Å². The molecule has 7 nitrogen and oxygen atoms in total. The number of aryl methyl sites for hydroxylation is 1. The third-order valence-electron chi connectivity index (χ3n) is 7.47. The SMILES string of the molecule is CC(=O)N1CCCN(Cc2ccccc2)CCN(C(=O)c2cc(-c3ccc(F)cc3)n(C)n2)Cc2cc(F)c(F)cc21. The van der Waals surface area contributed by atoms with Crippen LogP contribution in [0.4, 0.5) is 18.9 Å². The molecule has 2 amide bonds. The molecule has 0 N–H and O–H groups in total. The molecule has 3 aromatic carbocycles. The number of benzene rings is 3. The van der Waals surface area contributed by atoms with Crippen molar-refractivity contribution in [2.75, 3.05) is 31.1 Å². The maximum absolute atomic E-state index is 14.5. The Balaban J connectivity index is 1.51. The smallest absolute Gasteiger partial charge is 0.274 e. The zero-order chi connectivity index (χ0) is 29.8. The fourth-order valence-electron chi connectivity index (χ4n) is 5.31. The lowest BCUT2D eigenvalue weighted by Crippen LogP contribution is -2.38. The average molecular weight is 576 g/mol. The van der Waals surface area contributed by atoms with Gasteiger partial charge >= 0.3 is 0 Å². The Morgan fingerprint density at radius 3 is 2.29 bits per heavy atom. The van der Waals surface area contributed by atoms with E-state index in [4.69, 9.17) is 0 Å². The second-order valence-electron chi connectivity index (χ2n) is 10.5. The van der Waals surface area contributed by atoms with Gasteiger partial charge in [0.2, 0.25) is 5.91 Å². The van der Waals surface area contributed by atoms with Crippen molar-refractivity contribution < 1.29 is 22.8 Å². The Bertz CT molecular complexity index is 1570. The summed E-state index contributed by atoms with van der Waals surface area (Å²) in [7, 11) is 1.70. The molecule has 1 aromatic heterocycles. The van der Waals surface area contributed by atoms with Gasteiger partial charge < -0.3 is 9.80 Å². The van der Waals surface area contributed by atoms with Gasteiger partial charge in [0.25, 0.3) is 5.91 Å². The number of carbonyl (C=O) groups is 2. The first kappa shape index (κ1) is 29.1. The standard InChI is InChI=1S/C32H32F3N5O2/c1-22(41)40-14-6-13-38(20-23-7-4-3-5-8-23)15-16-39(21-25-17-27(34)28(35)18-31(25)40)32(42)29-19-30(37(2)36-29)24-9-11-26(33)12-10-24/h3-5,7-12,17-19H,6,13-16,20-21H2,1-2H3. The summed E-state index contributed by atoms with van der Waals surface area (Å²) >= 11 is 0. The molecule has 0 radical (unpaired) electrons. The van der Waals surface area contributed by atoms with Crippen LogP contribution in [0.3, 0.4) is 0 Å². The molecule has 1 aliphatic heterocycles. The van der Waals surface area contributed by atoms with E-state index in [1.165, 1.54) is 24.0 Å². The summed E-state index contributed by atoms with van der Waals surface area (Å²) in [5.41, 5.74) is 3.14. The Kier molecular flexibility index (Phi) is 8.72. The highest BCUT2D eigenvalue weighted by atomic mass is 19.2. The predicted molar refractivity (Wildman–Crippen MR) is 154 cm³/mol. The molecule has 0 aliphatic carbocycles. The fraction of sp³-hybridized carbons (Fsp3) is 0.281. The van der Waals surface area contributed by atoms with Crippen molar-refractivity contribution in [2.24, 2.45) is 7.05 Å². The maximum atomic E-state index is 14.5. The van der Waals surface area contributed by atoms with Gasteiger partial charge in [0, 0.05) is 59.3 Å². The van der Waals surface area contributed by atoms with Gasteiger partial charge in [-0.2, -0.15) is 5.10 Å². The molecule has 0 unspecified atom stereocenters. The summed E-state index contributed by atoms with van der Waals surface area (Å²) in [6.07, 6.45) is 0.597. The molecule has 5 rings (SSSR count). The van der Waals surface area contributed by atoms with E-state index >= 15 is 0 Å². The van der Waals surface area contributed by atoms with Gasteiger partial charge in [-0.15, -0.1) is 0 Å². The van der Waals surface area contributed by atoms with E-state index < -0.39 is 17.5 Å². The minimum absolute atomic E-state index is 0.0588. The Morgan fingerprint density at radius 2 is 1.57 bits per heavy atom. The highest BCUT2D eigenvalue weighted by molar-refractivity contribution is 5.94. The molecule has 0 saturated carbocycles. The van der Waals surface area contributed by atoms with Gasteiger partial charge in [0.1, 0.15) is 5.82 Å². The number of nitrogens with zero attached hydrogens (tertiary/aromatic N) is 5. The maximum Gasteiger partial charge on any atom is 0.274 e. The topological polar surface area (TPSA) is 61.7 Å². The van der Waals surface area contributed by atoms with Crippen molar-refractivity contribution in [3.05, 3.63) is 107 Å². The molecule has 218 valence electrons. The molecular formula is C32H32F3N5O2. The van der Waals surface area contributed by atoms with Crippen LogP contribution in [-0.2, 0) is 24.9 Å². The minimum atomic E-state index is -1.06. The van der Waals surface area contributed by atoms with E-state index in [1.54, 1.807) is 34.8 Å². The average Bonchev–Trinajstić information content (AvgIpc) is 3.35. The molecule has 1 aliphatic rings. The third-order valence-corrected chi connectivity index (χ3v) is 7.47. The van der Waals surface area contributed by atoms with E-state index in [0.29, 0.717) is 49.4 Å². The molecule has 10 heteroatoms. The Hall–Kier alpha value is -4.44. The van der Waals surface area contributed by atoms with Crippen molar-refractivity contribution in [3.63, 3.8) is 0 Å². The highest BCUT2D eigenvalue weighted by Crippen LogP contribution is 2.28. The molecule has 0 spiro atoms. The molecule has 0 saturated heterocycles. The molecular weight excluding hydrogens is 543 g/mol. The van der Waals surface area contributed by atoms with Gasteiger partial charge in [-0.3, -0.25) is 19.2 Å². The monoisotopic (exact) mass is 575 g/mol. The first-order valence-corrected chi connectivity index (χ1v) is 13.8. The van der Waals surface area contributed by atoms with E-state index in [-0.39, 0.29) is 36.2 Å². The lowest BCUT2D eigenvalue weighted by Gasteiger charge is -2.27. The lowest BCUT2D eigenvalue weighted by molar-refractivity contribution is -0.116. The second-order valence-corrected chi connectivity index (χ2v) is 10.5. The zero-order valence-electron chi connectivity index (χ0n) is 23.6. The summed E-state index contributed by atoms with van der Waals surface area (Å²) in [4.78, 5) is 31.9. The van der Waals surface area contributed by atoms with Crippen LogP contribution < -0.4 is 4.90 Å². The van der Waals surface area contributed by atoms with Crippen molar-refractivity contribution in [1.29, 1.82) is 0 Å². The number of amides is 2. The van der Waals surface area contributed by atoms with Gasteiger partial charge in [-0.25, -0.2) is 13.2 Å². The number of anilines is 1. The summed E-state index contributed by atoms with van der Waals surface area (Å²) < 4.78 is 44.0. The first-order chi connectivity index (χ1) is 20.2. The van der Waals surface area contributed by atoms with Gasteiger partial charge in [0.05, 0.1) is 11.4 Å². The number of carbonyl (C=O) groups excluding carboxylic acids is 2. The lowest BCUT2D eigenvalue weighted by atomic mass is 10.1. The molecule has 4 aromatic rings. The second kappa shape index (κ2) is 12.6. The molecule has 0 bridgehead atoms. The fourth-order valence-corrected chi connectivity index (χ4v) is 5.31. The molecule has 2 heterocycles. The van der Waals surface area contributed by atoms with Crippen LogP contribution >= 0.6 is 0 Å². The number of rotatable bonds is 4. The zero-order valence-corrected chi connectivity index (χ0v) is 23.6. The van der Waals surface area contributed by atoms with Gasteiger partial charge in [-0.1, -0.05) is 30.3 Å². The van der Waals surface area contributed by atoms with Crippen molar-refractivity contribution in [3.8, 4) is 11.3 Å². The van der Waals surface area contributed by atoms with Crippen LogP contribution in [0.5, 0.6) is 0 Å². The van der Waals surface area contributed by atoms with E-state index in [1.807, 2.05) is 30.3 Å². The first-order valence-electron chi connectivity index (χ1n) is 13.8. The largest absolute Gasteiger partial charge is 0.332 e. The van der Waals surface area contributed by atoms with Crippen molar-refractivity contribution in [1.82, 2.24) is 19.6 Å². The van der Waals surface area contributed by atoms with Gasteiger partial charge in [-0.05, 0) is 59.5 Å². The Labute approximate surface area is 242 Å². The molecule has 0 fully saturated rings. The van der Waals surface area contributed by atoms with Crippen molar-refractivity contribution in [2.45, 2.75) is 26.4 Å². The van der Waals surface area contributed by atoms with Crippen LogP contribution in [0.2, 0.25) is 0 Å². The number of halogens is 3. The molecule has 42 heavy (non-hydrogen) atoms. The van der Waals surface area contributed by atoms with Crippen LogP contribution in [0.1, 0.15) is 35.0 Å². The van der Waals surface area contributed by atoms with Crippen LogP contribution in [-0.4, -0.2) is 57.6 Å². The van der Waals surface area contributed by atoms with Gasteiger partial charge in [0.15, 0.2) is 17.3 Å². The van der Waals surface area contributed by atoms with E-state index in [9.17, 15) is 22.8 Å². The highest BCUT2D eigenvalue weighted by Gasteiger charge is 2.26. The number of hydrogen-bond donors (Lipinski definition) is 0. The van der Waals surface area contributed by atoms with Crippen LogP contribution in [0, 0.1) is 17.5 Å². The normalized spacial score (nSPS) is 14.8. The third kappa shape index (κ3) is 6.54.